The highest BCUT2D eigenvalue weighted by atomic mass is 16.7. The molecule has 0 fully saturated rings. The van der Waals surface area contributed by atoms with Crippen molar-refractivity contribution in [3.63, 3.8) is 0 Å². The summed E-state index contributed by atoms with van der Waals surface area (Å²) >= 11 is 0. The van der Waals surface area contributed by atoms with Crippen LogP contribution in [0.3, 0.4) is 0 Å². The Morgan fingerprint density at radius 2 is 2.00 bits per heavy atom. The van der Waals surface area contributed by atoms with Gasteiger partial charge in [0.15, 0.2) is 0 Å². The predicted octanol–water partition coefficient (Wildman–Crippen LogP) is -1.04. The van der Waals surface area contributed by atoms with Gasteiger partial charge in [0, 0.05) is 12.7 Å². The van der Waals surface area contributed by atoms with E-state index in [1.54, 1.807) is 0 Å². The van der Waals surface area contributed by atoms with E-state index >= 15 is 0 Å². The van der Waals surface area contributed by atoms with E-state index in [0.717, 1.165) is 7.11 Å². The lowest BCUT2D eigenvalue weighted by Gasteiger charge is -2.20. The number of esters is 2. The lowest BCUT2D eigenvalue weighted by Crippen LogP contribution is -2.46. The van der Waals surface area contributed by atoms with E-state index in [1.165, 1.54) is 6.92 Å². The van der Waals surface area contributed by atoms with Crippen molar-refractivity contribution in [1.29, 1.82) is 0 Å². The molecule has 0 bridgehead atoms. The van der Waals surface area contributed by atoms with Crippen molar-refractivity contribution < 1.29 is 29.3 Å². The van der Waals surface area contributed by atoms with E-state index in [-0.39, 0.29) is 5.57 Å². The first-order chi connectivity index (χ1) is 6.37. The Morgan fingerprint density at radius 3 is 2.29 bits per heavy atom. The molecule has 0 radical (unpaired) electrons. The van der Waals surface area contributed by atoms with E-state index in [0.29, 0.717) is 0 Å². The molecular weight excluding hydrogens is 192 g/mol. The van der Waals surface area contributed by atoms with Crippen LogP contribution in [0.25, 0.3) is 0 Å². The van der Waals surface area contributed by atoms with Gasteiger partial charge in [-0.15, -0.1) is 0 Å². The van der Waals surface area contributed by atoms with Gasteiger partial charge in [-0.3, -0.25) is 0 Å². The molecule has 0 aromatic rings. The predicted molar refractivity (Wildman–Crippen MR) is 45.0 cm³/mol. The van der Waals surface area contributed by atoms with Gasteiger partial charge in [0.1, 0.15) is 6.61 Å². The fraction of sp³-hybridized carbons (Fsp3) is 0.500. The molecule has 6 heteroatoms. The van der Waals surface area contributed by atoms with Crippen molar-refractivity contribution in [2.75, 3.05) is 13.7 Å². The molecule has 0 heterocycles. The van der Waals surface area contributed by atoms with Crippen molar-refractivity contribution in [2.45, 2.75) is 12.7 Å². The first-order valence-corrected chi connectivity index (χ1v) is 3.68. The van der Waals surface area contributed by atoms with Gasteiger partial charge in [-0.2, -0.15) is 0 Å². The van der Waals surface area contributed by atoms with Gasteiger partial charge in [0.05, 0.1) is 0 Å². The van der Waals surface area contributed by atoms with Crippen molar-refractivity contribution in [3.05, 3.63) is 12.2 Å². The quantitative estimate of drug-likeness (QED) is 0.263. The molecule has 0 aliphatic heterocycles. The Morgan fingerprint density at radius 1 is 1.50 bits per heavy atom. The summed E-state index contributed by atoms with van der Waals surface area (Å²) in [6.45, 7) is 3.56. The third kappa shape index (κ3) is 2.91. The molecule has 80 valence electrons. The van der Waals surface area contributed by atoms with Crippen LogP contribution < -0.4 is 0 Å². The molecule has 0 spiro atoms. The maximum atomic E-state index is 11.0. The summed E-state index contributed by atoms with van der Waals surface area (Å²) in [7, 11) is 0.989. The van der Waals surface area contributed by atoms with E-state index in [1.807, 2.05) is 0 Å². The first-order valence-electron chi connectivity index (χ1n) is 3.68. The van der Waals surface area contributed by atoms with Gasteiger partial charge in [0.25, 0.3) is 5.79 Å². The van der Waals surface area contributed by atoms with Crippen molar-refractivity contribution in [2.24, 2.45) is 0 Å². The second-order valence-electron chi connectivity index (χ2n) is 2.60. The van der Waals surface area contributed by atoms with Gasteiger partial charge in [0.2, 0.25) is 0 Å². The van der Waals surface area contributed by atoms with Crippen LogP contribution in [-0.2, 0) is 19.1 Å². The summed E-state index contributed by atoms with van der Waals surface area (Å²) < 4.78 is 8.42. The minimum Gasteiger partial charge on any atom is -0.390 e. The molecule has 0 saturated heterocycles. The highest BCUT2D eigenvalue weighted by Crippen LogP contribution is 2.08. The molecule has 0 aliphatic carbocycles. The monoisotopic (exact) mass is 204 g/mol. The van der Waals surface area contributed by atoms with Crippen LogP contribution in [0.4, 0.5) is 0 Å². The Balaban J connectivity index is 4.48. The third-order valence-corrected chi connectivity index (χ3v) is 1.40. The Labute approximate surface area is 80.7 Å². The molecule has 6 nitrogen and oxygen atoms in total. The molecule has 0 aromatic carbocycles. The number of hydrogen-bond donors (Lipinski definition) is 2. The lowest BCUT2D eigenvalue weighted by atomic mass is 10.3. The molecule has 0 aliphatic rings. The average molecular weight is 204 g/mol. The zero-order valence-electron chi connectivity index (χ0n) is 7.94. The zero-order chi connectivity index (χ0) is 11.4. The number of methoxy groups -OCH3 is 1. The summed E-state index contributed by atoms with van der Waals surface area (Å²) in [5, 5.41) is 17.8. The summed E-state index contributed by atoms with van der Waals surface area (Å²) in [5.41, 5.74) is -0.00487. The van der Waals surface area contributed by atoms with Gasteiger partial charge in [-0.1, -0.05) is 6.58 Å². The van der Waals surface area contributed by atoms with E-state index in [2.05, 4.69) is 16.1 Å². The molecule has 0 saturated carbocycles. The fourth-order valence-corrected chi connectivity index (χ4v) is 0.463. The van der Waals surface area contributed by atoms with E-state index in [4.69, 9.17) is 5.11 Å². The van der Waals surface area contributed by atoms with Gasteiger partial charge in [-0.05, 0) is 6.92 Å². The van der Waals surface area contributed by atoms with Crippen LogP contribution in [0.2, 0.25) is 0 Å². The number of hydrogen-bond acceptors (Lipinski definition) is 6. The lowest BCUT2D eigenvalue weighted by molar-refractivity contribution is -0.229. The van der Waals surface area contributed by atoms with Crippen molar-refractivity contribution in [3.8, 4) is 0 Å². The highest BCUT2D eigenvalue weighted by molar-refractivity contribution is 5.97. The molecule has 0 aromatic heterocycles. The van der Waals surface area contributed by atoms with Crippen molar-refractivity contribution in [1.82, 2.24) is 0 Å². The minimum absolute atomic E-state index is 0.00487. The highest BCUT2D eigenvalue weighted by Gasteiger charge is 2.39. The zero-order valence-corrected chi connectivity index (χ0v) is 7.94. The average Bonchev–Trinajstić information content (AvgIpc) is 2.16. The molecule has 1 unspecified atom stereocenters. The van der Waals surface area contributed by atoms with Crippen LogP contribution in [0.5, 0.6) is 0 Å². The van der Waals surface area contributed by atoms with Gasteiger partial charge >= 0.3 is 11.9 Å². The van der Waals surface area contributed by atoms with Crippen molar-refractivity contribution >= 4 is 11.9 Å². The number of carbonyl (C=O) groups excluding carboxylic acids is 2. The third-order valence-electron chi connectivity index (χ3n) is 1.40. The number of aliphatic hydroxyl groups excluding tert-OH is 1. The maximum Gasteiger partial charge on any atom is 0.377 e. The number of ether oxygens (including phenoxy) is 2. The first kappa shape index (κ1) is 12.8. The molecule has 2 N–H and O–H groups in total. The molecule has 0 rings (SSSR count). The molecular formula is C8H12O6. The van der Waals surface area contributed by atoms with Crippen LogP contribution in [-0.4, -0.2) is 41.7 Å². The van der Waals surface area contributed by atoms with Crippen LogP contribution in [0.15, 0.2) is 12.2 Å². The number of rotatable bonds is 4. The van der Waals surface area contributed by atoms with Crippen LogP contribution in [0, 0.1) is 0 Å². The minimum atomic E-state index is -2.51. The topological polar surface area (TPSA) is 93.1 Å². The standard InChI is InChI=1S/C8H12O6/c1-5(2)6(10)14-7(11)8(12,4-9)13-3/h9,12H,1,4H2,2-3H3. The largest absolute Gasteiger partial charge is 0.390 e. The second-order valence-corrected chi connectivity index (χ2v) is 2.60. The van der Waals surface area contributed by atoms with Gasteiger partial charge in [-0.25, -0.2) is 9.59 Å². The maximum absolute atomic E-state index is 11.0. The SMILES string of the molecule is C=C(C)C(=O)OC(=O)C(O)(CO)OC. The summed E-state index contributed by atoms with van der Waals surface area (Å²) in [6, 6.07) is 0. The summed E-state index contributed by atoms with van der Waals surface area (Å²) in [6.07, 6.45) is 0. The summed E-state index contributed by atoms with van der Waals surface area (Å²) in [4.78, 5) is 21.9. The Hall–Kier alpha value is -1.24. The van der Waals surface area contributed by atoms with E-state index < -0.39 is 24.3 Å². The van der Waals surface area contributed by atoms with Crippen LogP contribution in [0.1, 0.15) is 6.92 Å². The number of carbonyl (C=O) groups is 2. The van der Waals surface area contributed by atoms with E-state index in [9.17, 15) is 14.7 Å². The molecule has 1 atom stereocenters. The second kappa shape index (κ2) is 4.85. The van der Waals surface area contributed by atoms with Crippen LogP contribution >= 0.6 is 0 Å². The fourth-order valence-electron chi connectivity index (χ4n) is 0.463. The Kier molecular flexibility index (Phi) is 4.42. The molecule has 14 heavy (non-hydrogen) atoms. The molecule has 0 amide bonds. The smallest absolute Gasteiger partial charge is 0.377 e. The normalized spacial score (nSPS) is 14.3. The van der Waals surface area contributed by atoms with Gasteiger partial charge < -0.3 is 19.7 Å². The number of aliphatic hydroxyl groups is 2. The summed E-state index contributed by atoms with van der Waals surface area (Å²) in [5.74, 6) is -4.88. The Bertz CT molecular complexity index is 253.